The lowest BCUT2D eigenvalue weighted by Gasteiger charge is -2.09. The normalized spacial score (nSPS) is 12.3. The number of hydrogen-bond donors (Lipinski definition) is 1. The summed E-state index contributed by atoms with van der Waals surface area (Å²) in [5, 5.41) is 0. The molecule has 3 N–H and O–H groups in total. The lowest BCUT2D eigenvalue weighted by Crippen LogP contribution is -2.51. The van der Waals surface area contributed by atoms with Gasteiger partial charge in [-0.15, -0.1) is 0 Å². The van der Waals surface area contributed by atoms with Gasteiger partial charge in [-0.25, -0.2) is 0 Å². The topological polar surface area (TPSA) is 46.1 Å². The summed E-state index contributed by atoms with van der Waals surface area (Å²) in [7, 11) is 3.26. The van der Waals surface area contributed by atoms with E-state index in [-0.39, 0.29) is 6.04 Å². The first kappa shape index (κ1) is 9.86. The van der Waals surface area contributed by atoms with Crippen LogP contribution in [0, 0.1) is 0 Å². The molecule has 72 valence electrons. The fourth-order valence-electron chi connectivity index (χ4n) is 1.16. The van der Waals surface area contributed by atoms with Gasteiger partial charge in [0.1, 0.15) is 6.04 Å². The quantitative estimate of drug-likeness (QED) is 0.758. The molecule has 0 bridgehead atoms. The molecule has 13 heavy (non-hydrogen) atoms. The molecule has 1 unspecified atom stereocenters. The highest BCUT2D eigenvalue weighted by molar-refractivity contribution is 5.43. The second-order valence-corrected chi connectivity index (χ2v) is 3.02. The molecule has 0 aliphatic carbocycles. The van der Waals surface area contributed by atoms with Crippen molar-refractivity contribution in [1.82, 2.24) is 0 Å². The molecule has 0 aliphatic rings. The largest absolute Gasteiger partial charge is 0.493 e. The van der Waals surface area contributed by atoms with Gasteiger partial charge in [0, 0.05) is 5.56 Å². The Bertz CT molecular complexity index is 284. The molecule has 0 aromatic heterocycles. The Balaban J connectivity index is 3.05. The average molecular weight is 182 g/mol. The van der Waals surface area contributed by atoms with Gasteiger partial charge in [0.15, 0.2) is 11.5 Å². The molecule has 1 aromatic carbocycles. The van der Waals surface area contributed by atoms with E-state index in [1.54, 1.807) is 14.2 Å². The first-order valence-corrected chi connectivity index (χ1v) is 4.24. The maximum atomic E-state index is 5.17. The van der Waals surface area contributed by atoms with E-state index in [1.165, 1.54) is 0 Å². The van der Waals surface area contributed by atoms with Crippen molar-refractivity contribution in [3.8, 4) is 11.5 Å². The van der Waals surface area contributed by atoms with E-state index in [4.69, 9.17) is 9.47 Å². The lowest BCUT2D eigenvalue weighted by molar-refractivity contribution is -0.420. The monoisotopic (exact) mass is 182 g/mol. The van der Waals surface area contributed by atoms with Crippen molar-refractivity contribution in [3.63, 3.8) is 0 Å². The first-order chi connectivity index (χ1) is 6.19. The number of hydrogen-bond acceptors (Lipinski definition) is 2. The molecule has 1 aromatic rings. The van der Waals surface area contributed by atoms with Crippen molar-refractivity contribution in [3.05, 3.63) is 23.8 Å². The third kappa shape index (κ3) is 2.12. The maximum absolute atomic E-state index is 5.17. The van der Waals surface area contributed by atoms with E-state index in [2.05, 4.69) is 5.73 Å². The summed E-state index contributed by atoms with van der Waals surface area (Å²) in [4.78, 5) is 0. The van der Waals surface area contributed by atoms with Crippen molar-refractivity contribution >= 4 is 0 Å². The second-order valence-electron chi connectivity index (χ2n) is 3.02. The molecule has 0 radical (unpaired) electrons. The predicted octanol–water partition coefficient (Wildman–Crippen LogP) is 1.01. The zero-order valence-corrected chi connectivity index (χ0v) is 8.33. The van der Waals surface area contributed by atoms with E-state index in [0.717, 1.165) is 17.1 Å². The fourth-order valence-corrected chi connectivity index (χ4v) is 1.16. The van der Waals surface area contributed by atoms with Crippen LogP contribution in [0.4, 0.5) is 0 Å². The van der Waals surface area contributed by atoms with Crippen LogP contribution in [-0.2, 0) is 0 Å². The lowest BCUT2D eigenvalue weighted by atomic mass is 10.1. The second kappa shape index (κ2) is 4.14. The third-order valence-corrected chi connectivity index (χ3v) is 1.98. The standard InChI is InChI=1S/C10H15NO2/c1-7(11)8-4-5-9(12-2)10(6-8)13-3/h4-7H,11H2,1-3H3/p+1. The highest BCUT2D eigenvalue weighted by atomic mass is 16.5. The van der Waals surface area contributed by atoms with Crippen molar-refractivity contribution < 1.29 is 15.2 Å². The van der Waals surface area contributed by atoms with Gasteiger partial charge in [0.2, 0.25) is 0 Å². The smallest absolute Gasteiger partial charge is 0.161 e. The molecule has 0 amide bonds. The van der Waals surface area contributed by atoms with E-state index in [0.29, 0.717) is 0 Å². The van der Waals surface area contributed by atoms with E-state index in [9.17, 15) is 0 Å². The van der Waals surface area contributed by atoms with Gasteiger partial charge < -0.3 is 15.2 Å². The minimum atomic E-state index is 0.264. The molecule has 0 saturated carbocycles. The minimum Gasteiger partial charge on any atom is -0.493 e. The van der Waals surface area contributed by atoms with Crippen molar-refractivity contribution in [2.75, 3.05) is 14.2 Å². The molecule has 1 atom stereocenters. The molecule has 0 heterocycles. The number of rotatable bonds is 3. The molecular weight excluding hydrogens is 166 g/mol. The fraction of sp³-hybridized carbons (Fsp3) is 0.400. The highest BCUT2D eigenvalue weighted by Crippen LogP contribution is 2.28. The average Bonchev–Trinajstić information content (AvgIpc) is 2.16. The predicted molar refractivity (Wildman–Crippen MR) is 50.8 cm³/mol. The van der Waals surface area contributed by atoms with Crippen LogP contribution in [0.15, 0.2) is 18.2 Å². The number of ether oxygens (including phenoxy) is 2. The Kier molecular flexibility index (Phi) is 3.14. The van der Waals surface area contributed by atoms with Gasteiger partial charge in [0.05, 0.1) is 14.2 Å². The molecule has 3 nitrogen and oxygen atoms in total. The van der Waals surface area contributed by atoms with Crippen LogP contribution in [0.1, 0.15) is 18.5 Å². The van der Waals surface area contributed by atoms with Gasteiger partial charge in [-0.1, -0.05) is 0 Å². The van der Waals surface area contributed by atoms with Crippen molar-refractivity contribution in [2.45, 2.75) is 13.0 Å². The SMILES string of the molecule is COc1ccc(C(C)[NH3+])cc1OC. The van der Waals surface area contributed by atoms with Gasteiger partial charge in [-0.3, -0.25) is 0 Å². The number of quaternary nitrogens is 1. The van der Waals surface area contributed by atoms with Gasteiger partial charge >= 0.3 is 0 Å². The van der Waals surface area contributed by atoms with Gasteiger partial charge in [0.25, 0.3) is 0 Å². The molecule has 0 aliphatic heterocycles. The van der Waals surface area contributed by atoms with E-state index in [1.807, 2.05) is 25.1 Å². The van der Waals surface area contributed by atoms with Crippen LogP contribution in [0.2, 0.25) is 0 Å². The Morgan fingerprint density at radius 2 is 1.77 bits per heavy atom. The highest BCUT2D eigenvalue weighted by Gasteiger charge is 2.08. The molecule has 0 spiro atoms. The Hall–Kier alpha value is -1.22. The molecule has 0 fully saturated rings. The summed E-state index contributed by atoms with van der Waals surface area (Å²) in [6.07, 6.45) is 0. The Morgan fingerprint density at radius 3 is 2.23 bits per heavy atom. The number of methoxy groups -OCH3 is 2. The first-order valence-electron chi connectivity index (χ1n) is 4.24. The summed E-state index contributed by atoms with van der Waals surface area (Å²) < 4.78 is 10.3. The van der Waals surface area contributed by atoms with Crippen LogP contribution >= 0.6 is 0 Å². The van der Waals surface area contributed by atoms with Crippen LogP contribution in [-0.4, -0.2) is 14.2 Å². The summed E-state index contributed by atoms with van der Waals surface area (Å²) in [5.41, 5.74) is 5.09. The van der Waals surface area contributed by atoms with E-state index < -0.39 is 0 Å². The van der Waals surface area contributed by atoms with Crippen LogP contribution in [0.25, 0.3) is 0 Å². The van der Waals surface area contributed by atoms with E-state index >= 15 is 0 Å². The van der Waals surface area contributed by atoms with Crippen molar-refractivity contribution in [2.24, 2.45) is 0 Å². The molecule has 1 rings (SSSR count). The number of benzene rings is 1. The van der Waals surface area contributed by atoms with Crippen LogP contribution in [0.5, 0.6) is 11.5 Å². The Labute approximate surface area is 78.5 Å². The van der Waals surface area contributed by atoms with Gasteiger partial charge in [-0.05, 0) is 25.1 Å². The molecule has 0 saturated heterocycles. The summed E-state index contributed by atoms with van der Waals surface area (Å²) >= 11 is 0. The maximum Gasteiger partial charge on any atom is 0.161 e. The zero-order chi connectivity index (χ0) is 9.84. The minimum absolute atomic E-state index is 0.264. The van der Waals surface area contributed by atoms with Crippen LogP contribution < -0.4 is 15.2 Å². The Morgan fingerprint density at radius 1 is 1.15 bits per heavy atom. The summed E-state index contributed by atoms with van der Waals surface area (Å²) in [6.45, 7) is 2.04. The summed E-state index contributed by atoms with van der Waals surface area (Å²) in [5.74, 6) is 1.52. The third-order valence-electron chi connectivity index (χ3n) is 1.98. The summed E-state index contributed by atoms with van der Waals surface area (Å²) in [6, 6.07) is 6.12. The molecular formula is C10H16NO2+. The zero-order valence-electron chi connectivity index (χ0n) is 8.33. The molecule has 3 heteroatoms. The van der Waals surface area contributed by atoms with Crippen molar-refractivity contribution in [1.29, 1.82) is 0 Å². The van der Waals surface area contributed by atoms with Crippen LogP contribution in [0.3, 0.4) is 0 Å². The van der Waals surface area contributed by atoms with Gasteiger partial charge in [-0.2, -0.15) is 0 Å².